The number of para-hydroxylation sites is 2. The molecule has 0 aliphatic heterocycles. The van der Waals surface area contributed by atoms with Crippen LogP contribution < -0.4 is 5.32 Å². The molecular weight excluding hydrogens is 376 g/mol. The monoisotopic (exact) mass is 396 g/mol. The van der Waals surface area contributed by atoms with Crippen LogP contribution in [-0.2, 0) is 22.4 Å². The number of carbonyl (C=O) groups excluding carboxylic acids is 2. The van der Waals surface area contributed by atoms with Gasteiger partial charge in [-0.05, 0) is 50.3 Å². The van der Waals surface area contributed by atoms with Gasteiger partial charge in [0.1, 0.15) is 10.5 Å². The third kappa shape index (κ3) is 3.45. The summed E-state index contributed by atoms with van der Waals surface area (Å²) >= 11 is 1.55. The van der Waals surface area contributed by atoms with Crippen LogP contribution in [0.2, 0.25) is 0 Å². The van der Waals surface area contributed by atoms with Crippen LogP contribution in [0.4, 0.5) is 5.00 Å². The molecule has 2 heterocycles. The van der Waals surface area contributed by atoms with Crippen LogP contribution in [0.15, 0.2) is 34.9 Å². The van der Waals surface area contributed by atoms with Crippen LogP contribution in [0.3, 0.4) is 0 Å². The van der Waals surface area contributed by atoms with Crippen molar-refractivity contribution in [3.63, 3.8) is 0 Å². The van der Waals surface area contributed by atoms with E-state index in [2.05, 4.69) is 10.3 Å². The number of fused-ring (bicyclic) bond motifs is 2. The summed E-state index contributed by atoms with van der Waals surface area (Å²) in [5.41, 5.74) is 3.23. The third-order valence-electron chi connectivity index (χ3n) is 4.68. The molecule has 4 rings (SSSR count). The van der Waals surface area contributed by atoms with Crippen molar-refractivity contribution in [1.82, 2.24) is 4.98 Å². The molecule has 28 heavy (non-hydrogen) atoms. The Morgan fingerprint density at radius 1 is 1.32 bits per heavy atom. The Kier molecular flexibility index (Phi) is 5.25. The fourth-order valence-corrected chi connectivity index (χ4v) is 4.62. The second kappa shape index (κ2) is 7.98. The summed E-state index contributed by atoms with van der Waals surface area (Å²) in [5, 5.41) is 3.82. The van der Waals surface area contributed by atoms with Crippen molar-refractivity contribution in [2.75, 3.05) is 11.9 Å². The number of benzene rings is 1. The van der Waals surface area contributed by atoms with E-state index >= 15 is 0 Å². The van der Waals surface area contributed by atoms with E-state index in [1.807, 2.05) is 18.2 Å². The highest BCUT2D eigenvalue weighted by Gasteiger charge is 2.26. The lowest BCUT2D eigenvalue weighted by Crippen LogP contribution is -2.10. The average Bonchev–Trinajstić information content (AvgIpc) is 3.29. The van der Waals surface area contributed by atoms with Gasteiger partial charge in [-0.15, -0.1) is 11.3 Å². The Balaban J connectivity index is 1.68. The molecule has 0 saturated carbocycles. The molecule has 7 heteroatoms. The molecule has 0 amide bonds. The minimum Gasteiger partial charge on any atom is -0.462 e. The van der Waals surface area contributed by atoms with Crippen molar-refractivity contribution < 1.29 is 18.7 Å². The van der Waals surface area contributed by atoms with Crippen molar-refractivity contribution in [3.05, 3.63) is 52.4 Å². The number of aromatic nitrogens is 1. The molecule has 2 aromatic heterocycles. The van der Waals surface area contributed by atoms with Gasteiger partial charge in [0.05, 0.1) is 17.7 Å². The van der Waals surface area contributed by atoms with E-state index in [0.29, 0.717) is 34.6 Å². The quantitative estimate of drug-likeness (QED) is 0.373. The number of carbonyl (C=O) groups is 2. The Hall–Kier alpha value is -2.93. The number of ether oxygens (including phenoxy) is 1. The number of thiophene rings is 1. The molecule has 0 atom stereocenters. The van der Waals surface area contributed by atoms with Crippen molar-refractivity contribution in [3.8, 4) is 0 Å². The van der Waals surface area contributed by atoms with Gasteiger partial charge in [0, 0.05) is 11.1 Å². The zero-order chi connectivity index (χ0) is 19.5. The fourth-order valence-electron chi connectivity index (χ4n) is 3.37. The number of aryl methyl sites for hydroxylation is 1. The van der Waals surface area contributed by atoms with E-state index in [0.717, 1.165) is 31.2 Å². The van der Waals surface area contributed by atoms with Crippen molar-refractivity contribution in [1.29, 1.82) is 0 Å². The van der Waals surface area contributed by atoms with Crippen molar-refractivity contribution in [2.45, 2.75) is 32.6 Å². The summed E-state index contributed by atoms with van der Waals surface area (Å²) < 4.78 is 10.9. The predicted octanol–water partition coefficient (Wildman–Crippen LogP) is 4.60. The van der Waals surface area contributed by atoms with Crippen LogP contribution >= 0.6 is 11.3 Å². The van der Waals surface area contributed by atoms with Gasteiger partial charge in [0.25, 0.3) is 0 Å². The summed E-state index contributed by atoms with van der Waals surface area (Å²) in [5.74, 6) is -0.0879. The molecule has 0 radical (unpaired) electrons. The highest BCUT2D eigenvalue weighted by molar-refractivity contribution is 7.16. The van der Waals surface area contributed by atoms with Crippen LogP contribution in [0.25, 0.3) is 16.7 Å². The maximum Gasteiger partial charge on any atom is 0.341 e. The lowest BCUT2D eigenvalue weighted by Gasteiger charge is -2.12. The summed E-state index contributed by atoms with van der Waals surface area (Å²) in [6.07, 6.45) is 6.24. The third-order valence-corrected chi connectivity index (χ3v) is 5.90. The van der Waals surface area contributed by atoms with Crippen LogP contribution in [-0.4, -0.2) is 23.8 Å². The van der Waals surface area contributed by atoms with E-state index in [9.17, 15) is 9.59 Å². The summed E-state index contributed by atoms with van der Waals surface area (Å²) in [4.78, 5) is 29.7. The van der Waals surface area contributed by atoms with E-state index in [-0.39, 0.29) is 17.4 Å². The zero-order valence-corrected chi connectivity index (χ0v) is 16.3. The molecule has 0 fully saturated rings. The van der Waals surface area contributed by atoms with Gasteiger partial charge < -0.3 is 14.5 Å². The van der Waals surface area contributed by atoms with Crippen LogP contribution in [0, 0.1) is 0 Å². The van der Waals surface area contributed by atoms with Gasteiger partial charge in [0.15, 0.2) is 11.9 Å². The summed E-state index contributed by atoms with van der Waals surface area (Å²) in [7, 11) is 0. The smallest absolute Gasteiger partial charge is 0.341 e. The highest BCUT2D eigenvalue weighted by Crippen LogP contribution is 2.38. The van der Waals surface area contributed by atoms with Gasteiger partial charge >= 0.3 is 5.97 Å². The molecule has 1 aliphatic rings. The number of allylic oxidation sites excluding steroid dienone is 1. The summed E-state index contributed by atoms with van der Waals surface area (Å²) in [6, 6.07) is 7.33. The zero-order valence-electron chi connectivity index (χ0n) is 15.5. The standard InChI is InChI=1S/C21H20N2O4S/c1-2-26-21(25)18-14-7-3-6-10-17(14)28-20(18)22-11-13(12-24)19-23-15-8-4-5-9-16(15)27-19/h4-5,8-9,11-12,22H,2-3,6-7,10H2,1H3. The lowest BCUT2D eigenvalue weighted by molar-refractivity contribution is -0.103. The Morgan fingerprint density at radius 2 is 2.14 bits per heavy atom. The van der Waals surface area contributed by atoms with E-state index in [4.69, 9.17) is 9.15 Å². The molecule has 1 aromatic carbocycles. The topological polar surface area (TPSA) is 81.4 Å². The molecule has 0 bridgehead atoms. The first-order chi connectivity index (χ1) is 13.7. The normalized spacial score (nSPS) is 14.0. The fraction of sp³-hybridized carbons (Fsp3) is 0.286. The van der Waals surface area contributed by atoms with E-state index < -0.39 is 0 Å². The van der Waals surface area contributed by atoms with Gasteiger partial charge in [-0.1, -0.05) is 12.1 Å². The molecule has 0 unspecified atom stereocenters. The molecule has 6 nitrogen and oxygen atoms in total. The first kappa shape index (κ1) is 18.4. The molecule has 0 spiro atoms. The first-order valence-corrected chi connectivity index (χ1v) is 10.1. The lowest BCUT2D eigenvalue weighted by atomic mass is 9.95. The highest BCUT2D eigenvalue weighted by atomic mass is 32.1. The second-order valence-corrected chi connectivity index (χ2v) is 7.59. The van der Waals surface area contributed by atoms with Gasteiger partial charge in [-0.2, -0.15) is 0 Å². The van der Waals surface area contributed by atoms with E-state index in [1.165, 1.54) is 11.1 Å². The minimum absolute atomic E-state index is 0.239. The Bertz CT molecular complexity index is 1030. The number of nitrogens with zero attached hydrogens (tertiary/aromatic N) is 1. The molecule has 1 aliphatic carbocycles. The average molecular weight is 396 g/mol. The van der Waals surface area contributed by atoms with Crippen molar-refractivity contribution in [2.24, 2.45) is 0 Å². The Labute approximate surface area is 166 Å². The summed E-state index contributed by atoms with van der Waals surface area (Å²) in [6.45, 7) is 2.11. The van der Waals surface area contributed by atoms with Gasteiger partial charge in [-0.25, -0.2) is 9.78 Å². The largest absolute Gasteiger partial charge is 0.462 e. The molecule has 1 N–H and O–H groups in total. The Morgan fingerprint density at radius 3 is 2.93 bits per heavy atom. The molecule has 144 valence electrons. The number of oxazole rings is 1. The van der Waals surface area contributed by atoms with Crippen LogP contribution in [0.1, 0.15) is 46.5 Å². The first-order valence-electron chi connectivity index (χ1n) is 9.30. The number of rotatable bonds is 6. The maximum absolute atomic E-state index is 12.5. The number of esters is 1. The van der Waals surface area contributed by atoms with Crippen LogP contribution in [0.5, 0.6) is 0 Å². The molecular formula is C21H20N2O4S. The number of nitrogens with one attached hydrogen (secondary N) is 1. The number of anilines is 1. The predicted molar refractivity (Wildman–Crippen MR) is 109 cm³/mol. The number of hydrogen-bond donors (Lipinski definition) is 1. The van der Waals surface area contributed by atoms with Gasteiger partial charge in [-0.3, -0.25) is 4.79 Å². The van der Waals surface area contributed by atoms with Gasteiger partial charge in [0.2, 0.25) is 5.89 Å². The molecule has 0 saturated heterocycles. The maximum atomic E-state index is 12.5. The minimum atomic E-state index is -0.327. The second-order valence-electron chi connectivity index (χ2n) is 6.48. The number of hydrogen-bond acceptors (Lipinski definition) is 7. The van der Waals surface area contributed by atoms with E-state index in [1.54, 1.807) is 24.3 Å². The number of aldehydes is 1. The van der Waals surface area contributed by atoms with Crippen molar-refractivity contribution >= 4 is 45.3 Å². The SMILES string of the molecule is CCOC(=O)c1c(NC=C(C=O)c2nc3ccccc3o2)sc2c1CCCC2. The molecule has 3 aromatic rings.